The zero-order valence-electron chi connectivity index (χ0n) is 12.5. The fourth-order valence-electron chi connectivity index (χ4n) is 2.02. The number of carbonyl (C=O) groups is 1. The Morgan fingerprint density at radius 2 is 2.05 bits per heavy atom. The maximum Gasteiger partial charge on any atom is 0.237 e. The third kappa shape index (κ3) is 4.58. The van der Waals surface area contributed by atoms with Crippen molar-refractivity contribution in [3.63, 3.8) is 0 Å². The van der Waals surface area contributed by atoms with E-state index in [0.29, 0.717) is 0 Å². The number of amides is 1. The van der Waals surface area contributed by atoms with Crippen LogP contribution in [0.2, 0.25) is 0 Å². The van der Waals surface area contributed by atoms with Crippen LogP contribution < -0.4 is 10.6 Å². The van der Waals surface area contributed by atoms with Crippen molar-refractivity contribution in [3.05, 3.63) is 16.6 Å². The van der Waals surface area contributed by atoms with Crippen LogP contribution in [0.4, 0.5) is 0 Å². The smallest absolute Gasteiger partial charge is 0.237 e. The van der Waals surface area contributed by atoms with Gasteiger partial charge in [-0.05, 0) is 33.6 Å². The van der Waals surface area contributed by atoms with Crippen LogP contribution >= 0.6 is 11.3 Å². The lowest BCUT2D eigenvalue weighted by Gasteiger charge is -2.28. The lowest BCUT2D eigenvalue weighted by Crippen LogP contribution is -2.51. The molecule has 0 fully saturated rings. The average molecular weight is 283 g/mol. The van der Waals surface area contributed by atoms with E-state index < -0.39 is 0 Å². The molecule has 0 radical (unpaired) electrons. The minimum Gasteiger partial charge on any atom is -0.352 e. The summed E-state index contributed by atoms with van der Waals surface area (Å²) in [7, 11) is 0. The van der Waals surface area contributed by atoms with Crippen molar-refractivity contribution in [2.75, 3.05) is 0 Å². The van der Waals surface area contributed by atoms with Gasteiger partial charge in [0.25, 0.3) is 0 Å². The summed E-state index contributed by atoms with van der Waals surface area (Å²) in [6.07, 6.45) is 3.72. The topological polar surface area (TPSA) is 54.0 Å². The van der Waals surface area contributed by atoms with Crippen LogP contribution in [0.1, 0.15) is 52.5 Å². The number of aromatic nitrogens is 1. The van der Waals surface area contributed by atoms with Gasteiger partial charge in [0.2, 0.25) is 5.91 Å². The Labute approximate surface area is 120 Å². The normalized spacial score (nSPS) is 13.6. The number of hydrogen-bond donors (Lipinski definition) is 2. The SMILES string of the molecule is CCC(CC)NC(=O)C(C)NC(C)(C)c1nccs1. The molecular weight excluding hydrogens is 258 g/mol. The first-order chi connectivity index (χ1) is 8.90. The highest BCUT2D eigenvalue weighted by Gasteiger charge is 2.28. The van der Waals surface area contributed by atoms with E-state index in [-0.39, 0.29) is 23.5 Å². The number of nitrogens with zero attached hydrogens (tertiary/aromatic N) is 1. The largest absolute Gasteiger partial charge is 0.352 e. The monoisotopic (exact) mass is 283 g/mol. The van der Waals surface area contributed by atoms with E-state index in [2.05, 4.69) is 29.5 Å². The summed E-state index contributed by atoms with van der Waals surface area (Å²) < 4.78 is 0. The van der Waals surface area contributed by atoms with Gasteiger partial charge in [-0.15, -0.1) is 11.3 Å². The molecule has 0 aliphatic carbocycles. The molecule has 1 unspecified atom stereocenters. The molecule has 1 aromatic heterocycles. The molecule has 0 aliphatic rings. The second-order valence-corrected chi connectivity index (χ2v) is 6.24. The van der Waals surface area contributed by atoms with E-state index in [1.807, 2.05) is 26.2 Å². The third-order valence-electron chi connectivity index (χ3n) is 3.27. The van der Waals surface area contributed by atoms with Crippen molar-refractivity contribution in [2.24, 2.45) is 0 Å². The van der Waals surface area contributed by atoms with Crippen molar-refractivity contribution in [1.82, 2.24) is 15.6 Å². The van der Waals surface area contributed by atoms with Crippen molar-refractivity contribution >= 4 is 17.2 Å². The molecule has 1 atom stereocenters. The van der Waals surface area contributed by atoms with Crippen LogP contribution in [0.15, 0.2) is 11.6 Å². The van der Waals surface area contributed by atoms with Crippen LogP contribution in [0.5, 0.6) is 0 Å². The molecule has 108 valence electrons. The Bertz CT molecular complexity index is 385. The summed E-state index contributed by atoms with van der Waals surface area (Å²) in [6, 6.07) is 0.0271. The van der Waals surface area contributed by atoms with E-state index >= 15 is 0 Å². The van der Waals surface area contributed by atoms with Crippen molar-refractivity contribution in [1.29, 1.82) is 0 Å². The fourth-order valence-corrected chi connectivity index (χ4v) is 2.75. The summed E-state index contributed by atoms with van der Waals surface area (Å²) in [4.78, 5) is 16.4. The minimum absolute atomic E-state index is 0.0540. The van der Waals surface area contributed by atoms with Gasteiger partial charge in [0.1, 0.15) is 5.01 Å². The van der Waals surface area contributed by atoms with E-state index in [9.17, 15) is 4.79 Å². The highest BCUT2D eigenvalue weighted by molar-refractivity contribution is 7.09. The van der Waals surface area contributed by atoms with Gasteiger partial charge in [0.15, 0.2) is 0 Å². The molecule has 5 heteroatoms. The van der Waals surface area contributed by atoms with E-state index in [0.717, 1.165) is 17.8 Å². The molecule has 0 aromatic carbocycles. The maximum atomic E-state index is 12.1. The zero-order chi connectivity index (χ0) is 14.5. The Hall–Kier alpha value is -0.940. The predicted octanol–water partition coefficient (Wildman–Crippen LogP) is 2.66. The standard InChI is InChI=1S/C14H25N3OS/c1-6-11(7-2)16-12(18)10(3)17-14(4,5)13-15-8-9-19-13/h8-11,17H,6-7H2,1-5H3,(H,16,18). The molecule has 19 heavy (non-hydrogen) atoms. The quantitative estimate of drug-likeness (QED) is 0.809. The fraction of sp³-hybridized carbons (Fsp3) is 0.714. The molecule has 0 bridgehead atoms. The molecule has 0 saturated heterocycles. The number of hydrogen-bond acceptors (Lipinski definition) is 4. The molecule has 1 heterocycles. The summed E-state index contributed by atoms with van der Waals surface area (Å²) in [5.41, 5.74) is -0.293. The van der Waals surface area contributed by atoms with E-state index in [1.165, 1.54) is 0 Å². The first-order valence-electron chi connectivity index (χ1n) is 6.88. The number of carbonyl (C=O) groups excluding carboxylic acids is 1. The van der Waals surface area contributed by atoms with E-state index in [4.69, 9.17) is 0 Å². The Balaban J connectivity index is 2.59. The van der Waals surface area contributed by atoms with Gasteiger partial charge in [-0.3, -0.25) is 10.1 Å². The van der Waals surface area contributed by atoms with Gasteiger partial charge in [-0.25, -0.2) is 4.98 Å². The molecule has 0 saturated carbocycles. The van der Waals surface area contributed by atoms with Gasteiger partial charge in [-0.2, -0.15) is 0 Å². The van der Waals surface area contributed by atoms with Crippen molar-refractivity contribution < 1.29 is 4.79 Å². The molecule has 0 aliphatic heterocycles. The molecular formula is C14H25N3OS. The van der Waals surface area contributed by atoms with Crippen LogP contribution in [-0.4, -0.2) is 23.0 Å². The summed E-state index contributed by atoms with van der Waals surface area (Å²) >= 11 is 1.60. The highest BCUT2D eigenvalue weighted by Crippen LogP contribution is 2.22. The maximum absolute atomic E-state index is 12.1. The molecule has 1 rings (SSSR count). The Morgan fingerprint density at radius 1 is 1.42 bits per heavy atom. The van der Waals surface area contributed by atoms with Gasteiger partial charge >= 0.3 is 0 Å². The molecule has 1 amide bonds. The summed E-state index contributed by atoms with van der Waals surface area (Å²) in [5, 5.41) is 9.36. The lowest BCUT2D eigenvalue weighted by atomic mass is 10.0. The molecule has 1 aromatic rings. The zero-order valence-corrected chi connectivity index (χ0v) is 13.3. The van der Waals surface area contributed by atoms with Crippen LogP contribution in [0, 0.1) is 0 Å². The van der Waals surface area contributed by atoms with Gasteiger partial charge in [0, 0.05) is 17.6 Å². The first kappa shape index (κ1) is 16.1. The predicted molar refractivity (Wildman–Crippen MR) is 80.3 cm³/mol. The minimum atomic E-state index is -0.293. The second kappa shape index (κ2) is 7.01. The van der Waals surface area contributed by atoms with E-state index in [1.54, 1.807) is 17.5 Å². The van der Waals surface area contributed by atoms with Gasteiger partial charge < -0.3 is 5.32 Å². The third-order valence-corrected chi connectivity index (χ3v) is 4.37. The highest BCUT2D eigenvalue weighted by atomic mass is 32.1. The number of nitrogens with one attached hydrogen (secondary N) is 2. The van der Waals surface area contributed by atoms with Crippen LogP contribution in [0.25, 0.3) is 0 Å². The molecule has 0 spiro atoms. The second-order valence-electron chi connectivity index (χ2n) is 5.35. The Kier molecular flexibility index (Phi) is 5.94. The van der Waals surface area contributed by atoms with Crippen molar-refractivity contribution in [2.45, 2.75) is 65.1 Å². The number of thiazole rings is 1. The van der Waals surface area contributed by atoms with Gasteiger partial charge in [0.05, 0.1) is 11.6 Å². The van der Waals surface area contributed by atoms with Gasteiger partial charge in [-0.1, -0.05) is 13.8 Å². The first-order valence-corrected chi connectivity index (χ1v) is 7.76. The average Bonchev–Trinajstić information content (AvgIpc) is 2.89. The number of rotatable bonds is 7. The summed E-state index contributed by atoms with van der Waals surface area (Å²) in [5.74, 6) is 0.0540. The molecule has 4 nitrogen and oxygen atoms in total. The summed E-state index contributed by atoms with van der Waals surface area (Å²) in [6.45, 7) is 10.2. The Morgan fingerprint density at radius 3 is 2.53 bits per heavy atom. The van der Waals surface area contributed by atoms with Crippen molar-refractivity contribution in [3.8, 4) is 0 Å². The lowest BCUT2D eigenvalue weighted by molar-refractivity contribution is -0.124. The van der Waals surface area contributed by atoms with Crippen LogP contribution in [0.3, 0.4) is 0 Å². The molecule has 2 N–H and O–H groups in total. The van der Waals surface area contributed by atoms with Crippen LogP contribution in [-0.2, 0) is 10.3 Å².